The molecule has 0 bridgehead atoms. The number of nitrogens with zero attached hydrogens (tertiary/aromatic N) is 2. The van der Waals surface area contributed by atoms with Gasteiger partial charge in [-0.3, -0.25) is 20.0 Å². The lowest BCUT2D eigenvalue weighted by Gasteiger charge is -2.38. The number of nitrogens with one attached hydrogen (secondary N) is 2. The summed E-state index contributed by atoms with van der Waals surface area (Å²) in [6, 6.07) is 13.0. The first-order valence-electron chi connectivity index (χ1n) is 11.8. The third kappa shape index (κ3) is 7.16. The van der Waals surface area contributed by atoms with Gasteiger partial charge in [0.2, 0.25) is 5.91 Å². The Labute approximate surface area is 191 Å². The van der Waals surface area contributed by atoms with Gasteiger partial charge in [-0.2, -0.15) is 0 Å². The second kappa shape index (κ2) is 12.3. The van der Waals surface area contributed by atoms with Crippen LogP contribution in [0.1, 0.15) is 68.3 Å². The van der Waals surface area contributed by atoms with Crippen LogP contribution < -0.4 is 10.7 Å². The van der Waals surface area contributed by atoms with Gasteiger partial charge >= 0.3 is 0 Å². The van der Waals surface area contributed by atoms with Gasteiger partial charge in [0.1, 0.15) is 6.04 Å². The third-order valence-electron chi connectivity index (χ3n) is 6.15. The maximum Gasteiger partial charge on any atom is 0.265 e. The first-order valence-corrected chi connectivity index (χ1v) is 11.8. The predicted molar refractivity (Wildman–Crippen MR) is 127 cm³/mol. The van der Waals surface area contributed by atoms with Crippen LogP contribution >= 0.6 is 0 Å². The zero-order valence-electron chi connectivity index (χ0n) is 19.3. The Kier molecular flexibility index (Phi) is 9.23. The summed E-state index contributed by atoms with van der Waals surface area (Å²) in [5.74, 6) is 0.478. The Bertz CT molecular complexity index is 835. The average Bonchev–Trinajstić information content (AvgIpc) is 2.83. The highest BCUT2D eigenvalue weighted by atomic mass is 16.2. The summed E-state index contributed by atoms with van der Waals surface area (Å²) in [6.07, 6.45) is 9.60. The largest absolute Gasteiger partial charge is 0.351 e. The molecule has 1 unspecified atom stereocenters. The van der Waals surface area contributed by atoms with Crippen molar-refractivity contribution >= 4 is 11.8 Å². The van der Waals surface area contributed by atoms with Crippen LogP contribution in [0.15, 0.2) is 54.9 Å². The van der Waals surface area contributed by atoms with Crippen LogP contribution in [-0.2, 0) is 11.3 Å². The van der Waals surface area contributed by atoms with Crippen LogP contribution in [0.2, 0.25) is 0 Å². The lowest BCUT2D eigenvalue weighted by molar-refractivity contribution is -0.130. The summed E-state index contributed by atoms with van der Waals surface area (Å²) in [4.78, 5) is 30.5. The van der Waals surface area contributed by atoms with Gasteiger partial charge in [0.25, 0.3) is 5.91 Å². The zero-order valence-corrected chi connectivity index (χ0v) is 19.3. The van der Waals surface area contributed by atoms with Crippen molar-refractivity contribution in [1.29, 1.82) is 0 Å². The number of carbonyl (C=O) groups excluding carboxylic acids is 2. The van der Waals surface area contributed by atoms with E-state index < -0.39 is 0 Å². The summed E-state index contributed by atoms with van der Waals surface area (Å²) in [5, 5.41) is 5.04. The van der Waals surface area contributed by atoms with Gasteiger partial charge in [0.15, 0.2) is 0 Å². The molecule has 172 valence electrons. The molecule has 2 amide bonds. The monoisotopic (exact) mass is 436 g/mol. The van der Waals surface area contributed by atoms with Crippen molar-refractivity contribution in [2.45, 2.75) is 65.0 Å². The highest BCUT2D eigenvalue weighted by Gasteiger charge is 2.35. The fraction of sp³-hybridized carbons (Fsp3) is 0.500. The minimum Gasteiger partial charge on any atom is -0.351 e. The van der Waals surface area contributed by atoms with Crippen LogP contribution in [0, 0.1) is 11.8 Å². The van der Waals surface area contributed by atoms with Crippen LogP contribution in [0.25, 0.3) is 0 Å². The van der Waals surface area contributed by atoms with Gasteiger partial charge in [-0.1, -0.05) is 63.4 Å². The standard InChI is InChI=1S/C26H36N4O2/c1-20(2)15-18-30(29-25(31)23-13-16-27-17-14-23)24(22-11-7-4-8-12-22)26(32)28-19-21-9-5-3-6-10-21/h3,5-6,9-10,13-14,16-17,20,22,24H,4,7-8,11-12,15,18-19H2,1-2H3,(H,28,32)(H,29,31). The molecule has 0 spiro atoms. The molecule has 2 N–H and O–H groups in total. The van der Waals surface area contributed by atoms with Gasteiger partial charge < -0.3 is 5.32 Å². The molecule has 1 saturated carbocycles. The van der Waals surface area contributed by atoms with Crippen molar-refractivity contribution in [3.05, 3.63) is 66.0 Å². The quantitative estimate of drug-likeness (QED) is 0.544. The molecule has 6 heteroatoms. The molecule has 2 aromatic rings. The molecule has 1 aromatic carbocycles. The molecule has 1 aromatic heterocycles. The number of rotatable bonds is 10. The van der Waals surface area contributed by atoms with E-state index in [2.05, 4.69) is 29.6 Å². The number of amides is 2. The van der Waals surface area contributed by atoms with E-state index in [0.29, 0.717) is 24.6 Å². The molecule has 6 nitrogen and oxygen atoms in total. The highest BCUT2D eigenvalue weighted by molar-refractivity contribution is 5.94. The van der Waals surface area contributed by atoms with Gasteiger partial charge in [-0.15, -0.1) is 0 Å². The first-order chi connectivity index (χ1) is 15.5. The number of hydrazine groups is 1. The van der Waals surface area contributed by atoms with E-state index in [1.165, 1.54) is 6.42 Å². The van der Waals surface area contributed by atoms with Crippen LogP contribution in [0.3, 0.4) is 0 Å². The molecule has 1 fully saturated rings. The molecule has 32 heavy (non-hydrogen) atoms. The smallest absolute Gasteiger partial charge is 0.265 e. The topological polar surface area (TPSA) is 74.3 Å². The normalized spacial score (nSPS) is 15.5. The number of carbonyl (C=O) groups is 2. The lowest BCUT2D eigenvalue weighted by Crippen LogP contribution is -2.58. The van der Waals surface area contributed by atoms with Crippen LogP contribution in [0.5, 0.6) is 0 Å². The molecule has 1 atom stereocenters. The predicted octanol–water partition coefficient (Wildman–Crippen LogP) is 4.34. The van der Waals surface area contributed by atoms with E-state index >= 15 is 0 Å². The van der Waals surface area contributed by atoms with Gasteiger partial charge in [-0.05, 0) is 48.8 Å². The van der Waals surface area contributed by atoms with Gasteiger partial charge in [0.05, 0.1) is 0 Å². The number of hydrogen-bond donors (Lipinski definition) is 2. The summed E-state index contributed by atoms with van der Waals surface area (Å²) in [5.41, 5.74) is 4.68. The SMILES string of the molecule is CC(C)CCN(NC(=O)c1ccncc1)C(C(=O)NCc1ccccc1)C1CCCCC1. The van der Waals surface area contributed by atoms with E-state index in [9.17, 15) is 9.59 Å². The molecule has 0 aliphatic heterocycles. The van der Waals surface area contributed by atoms with Crippen molar-refractivity contribution in [2.24, 2.45) is 11.8 Å². The van der Waals surface area contributed by atoms with E-state index in [1.54, 1.807) is 24.5 Å². The Morgan fingerprint density at radius 2 is 1.72 bits per heavy atom. The maximum atomic E-state index is 13.5. The second-order valence-corrected chi connectivity index (χ2v) is 9.10. The Balaban J connectivity index is 1.80. The minimum absolute atomic E-state index is 0.0143. The fourth-order valence-corrected chi connectivity index (χ4v) is 4.31. The van der Waals surface area contributed by atoms with Gasteiger partial charge in [0, 0.05) is 31.0 Å². The first kappa shape index (κ1) is 23.9. The summed E-state index contributed by atoms with van der Waals surface area (Å²) in [7, 11) is 0. The molecular weight excluding hydrogens is 400 g/mol. The van der Waals surface area contributed by atoms with E-state index in [0.717, 1.165) is 37.7 Å². The Morgan fingerprint density at radius 1 is 1.03 bits per heavy atom. The summed E-state index contributed by atoms with van der Waals surface area (Å²) in [6.45, 7) is 5.44. The van der Waals surface area contributed by atoms with E-state index in [-0.39, 0.29) is 23.8 Å². The van der Waals surface area contributed by atoms with Crippen molar-refractivity contribution in [2.75, 3.05) is 6.54 Å². The zero-order chi connectivity index (χ0) is 22.8. The molecule has 1 aliphatic carbocycles. The minimum atomic E-state index is -0.386. The number of aromatic nitrogens is 1. The summed E-state index contributed by atoms with van der Waals surface area (Å²) >= 11 is 0. The second-order valence-electron chi connectivity index (χ2n) is 9.10. The van der Waals surface area contributed by atoms with Crippen LogP contribution in [-0.4, -0.2) is 34.4 Å². The fourth-order valence-electron chi connectivity index (χ4n) is 4.31. The molecule has 0 radical (unpaired) electrons. The third-order valence-corrected chi connectivity index (χ3v) is 6.15. The molecular formula is C26H36N4O2. The van der Waals surface area contributed by atoms with Crippen LogP contribution in [0.4, 0.5) is 0 Å². The number of hydrogen-bond acceptors (Lipinski definition) is 4. The Morgan fingerprint density at radius 3 is 2.38 bits per heavy atom. The number of benzene rings is 1. The molecule has 3 rings (SSSR count). The van der Waals surface area contributed by atoms with Crippen molar-refractivity contribution in [3.63, 3.8) is 0 Å². The van der Waals surface area contributed by atoms with Gasteiger partial charge in [-0.25, -0.2) is 5.01 Å². The lowest BCUT2D eigenvalue weighted by atomic mass is 9.83. The maximum absolute atomic E-state index is 13.5. The van der Waals surface area contributed by atoms with Crippen molar-refractivity contribution in [1.82, 2.24) is 20.7 Å². The Hall–Kier alpha value is -2.73. The molecule has 1 aliphatic rings. The molecule has 0 saturated heterocycles. The average molecular weight is 437 g/mol. The highest BCUT2D eigenvalue weighted by Crippen LogP contribution is 2.29. The summed E-state index contributed by atoms with van der Waals surface area (Å²) < 4.78 is 0. The van der Waals surface area contributed by atoms with E-state index in [4.69, 9.17) is 0 Å². The van der Waals surface area contributed by atoms with Crippen molar-refractivity contribution in [3.8, 4) is 0 Å². The molecule has 1 heterocycles. The number of pyridine rings is 1. The van der Waals surface area contributed by atoms with E-state index in [1.807, 2.05) is 35.3 Å². The van der Waals surface area contributed by atoms with Crippen molar-refractivity contribution < 1.29 is 9.59 Å².